The van der Waals surface area contributed by atoms with Gasteiger partial charge >= 0.3 is 0 Å². The number of nitrogens with zero attached hydrogens (tertiary/aromatic N) is 3. The van der Waals surface area contributed by atoms with Gasteiger partial charge in [-0.3, -0.25) is 5.10 Å². The number of H-pyrrole nitrogens is 1. The molecule has 7 heteroatoms. The molecule has 0 aliphatic heterocycles. The van der Waals surface area contributed by atoms with E-state index in [-0.39, 0.29) is 17.0 Å². The molecule has 2 aromatic heterocycles. The minimum Gasteiger partial charge on any atom is -0.419 e. The molecule has 2 rings (SSSR count). The fourth-order valence-corrected chi connectivity index (χ4v) is 1.20. The van der Waals surface area contributed by atoms with Crippen molar-refractivity contribution < 1.29 is 4.74 Å². The molecule has 0 spiro atoms. The Morgan fingerprint density at radius 3 is 2.73 bits per heavy atom. The Bertz CT molecular complexity index is 463. The van der Waals surface area contributed by atoms with Crippen LogP contribution in [0.3, 0.4) is 0 Å². The van der Waals surface area contributed by atoms with Crippen LogP contribution in [0.4, 0.5) is 5.95 Å². The number of nitrogens with one attached hydrogen (secondary N) is 1. The summed E-state index contributed by atoms with van der Waals surface area (Å²) in [6, 6.07) is 3.19. The third-order valence-electron chi connectivity index (χ3n) is 1.58. The van der Waals surface area contributed by atoms with E-state index in [9.17, 15) is 0 Å². The van der Waals surface area contributed by atoms with E-state index < -0.39 is 0 Å². The number of nitrogens with two attached hydrogens (primary N) is 1. The Morgan fingerprint density at radius 1 is 1.33 bits per heavy atom. The van der Waals surface area contributed by atoms with Crippen LogP contribution < -0.4 is 10.5 Å². The van der Waals surface area contributed by atoms with Gasteiger partial charge in [-0.1, -0.05) is 11.6 Å². The third kappa shape index (κ3) is 2.35. The molecule has 0 saturated carbocycles. The van der Waals surface area contributed by atoms with Crippen LogP contribution in [0.1, 0.15) is 5.69 Å². The average molecular weight is 226 g/mol. The van der Waals surface area contributed by atoms with Gasteiger partial charge in [0.25, 0.3) is 0 Å². The van der Waals surface area contributed by atoms with E-state index in [1.165, 1.54) is 6.07 Å². The zero-order chi connectivity index (χ0) is 10.8. The van der Waals surface area contributed by atoms with E-state index in [4.69, 9.17) is 22.1 Å². The molecule has 3 N–H and O–H groups in total. The van der Waals surface area contributed by atoms with Crippen LogP contribution >= 0.6 is 11.6 Å². The van der Waals surface area contributed by atoms with Gasteiger partial charge in [-0.2, -0.15) is 4.98 Å². The van der Waals surface area contributed by atoms with Crippen molar-refractivity contribution in [3.63, 3.8) is 0 Å². The number of aryl methyl sites for hydroxylation is 1. The first kappa shape index (κ1) is 9.72. The Hall–Kier alpha value is -1.82. The van der Waals surface area contributed by atoms with Crippen LogP contribution in [0.25, 0.3) is 0 Å². The fraction of sp³-hybridized carbons (Fsp3) is 0.125. The molecule has 6 nitrogen and oxygen atoms in total. The van der Waals surface area contributed by atoms with E-state index in [2.05, 4.69) is 20.2 Å². The molecule has 78 valence electrons. The molecule has 0 atom stereocenters. The van der Waals surface area contributed by atoms with Crippen molar-refractivity contribution in [3.8, 4) is 11.8 Å². The van der Waals surface area contributed by atoms with Crippen molar-refractivity contribution in [1.29, 1.82) is 0 Å². The minimum absolute atomic E-state index is 0.0600. The highest BCUT2D eigenvalue weighted by Crippen LogP contribution is 2.20. The smallest absolute Gasteiger partial charge is 0.240 e. The first-order chi connectivity index (χ1) is 7.13. The molecule has 0 aromatic carbocycles. The lowest BCUT2D eigenvalue weighted by molar-refractivity contribution is 0.443. The third-order valence-corrected chi connectivity index (χ3v) is 1.77. The zero-order valence-electron chi connectivity index (χ0n) is 7.86. The summed E-state index contributed by atoms with van der Waals surface area (Å²) in [4.78, 5) is 7.55. The number of hydrogen-bond acceptors (Lipinski definition) is 5. The predicted octanol–water partition coefficient (Wildman–Crippen LogP) is 1.54. The number of aromatic nitrogens is 4. The Kier molecular flexibility index (Phi) is 2.42. The van der Waals surface area contributed by atoms with E-state index in [0.29, 0.717) is 5.88 Å². The highest BCUT2D eigenvalue weighted by atomic mass is 35.5. The van der Waals surface area contributed by atoms with Crippen molar-refractivity contribution >= 4 is 17.5 Å². The summed E-state index contributed by atoms with van der Waals surface area (Å²) in [7, 11) is 0. The average Bonchev–Trinajstić information content (AvgIpc) is 2.49. The summed E-state index contributed by atoms with van der Waals surface area (Å²) in [6.07, 6.45) is 0. The number of anilines is 1. The van der Waals surface area contributed by atoms with Crippen molar-refractivity contribution in [2.75, 3.05) is 5.73 Å². The van der Waals surface area contributed by atoms with E-state index in [1.54, 1.807) is 6.07 Å². The van der Waals surface area contributed by atoms with Gasteiger partial charge in [0, 0.05) is 17.8 Å². The van der Waals surface area contributed by atoms with Gasteiger partial charge in [0.2, 0.25) is 17.7 Å². The summed E-state index contributed by atoms with van der Waals surface area (Å²) in [5.41, 5.74) is 6.29. The largest absolute Gasteiger partial charge is 0.419 e. The molecule has 0 fully saturated rings. The van der Waals surface area contributed by atoms with Gasteiger partial charge in [-0.05, 0) is 6.92 Å². The molecule has 0 bridgehead atoms. The molecule has 0 radical (unpaired) electrons. The van der Waals surface area contributed by atoms with Gasteiger partial charge in [0.05, 0.1) is 0 Å². The number of nitrogen functional groups attached to an aromatic ring is 1. The molecule has 0 aliphatic rings. The maximum atomic E-state index is 5.68. The number of hydrogen-bond donors (Lipinski definition) is 2. The van der Waals surface area contributed by atoms with Gasteiger partial charge < -0.3 is 10.5 Å². The summed E-state index contributed by atoms with van der Waals surface area (Å²) in [5, 5.41) is 6.84. The predicted molar refractivity (Wildman–Crippen MR) is 54.9 cm³/mol. The van der Waals surface area contributed by atoms with E-state index in [0.717, 1.165) is 5.69 Å². The lowest BCUT2D eigenvalue weighted by Gasteiger charge is -2.01. The topological polar surface area (TPSA) is 89.7 Å². The maximum absolute atomic E-state index is 5.68. The van der Waals surface area contributed by atoms with Gasteiger partial charge in [-0.15, -0.1) is 5.10 Å². The number of ether oxygens (including phenoxy) is 1. The Morgan fingerprint density at radius 2 is 2.13 bits per heavy atom. The highest BCUT2D eigenvalue weighted by molar-refractivity contribution is 6.29. The summed E-state index contributed by atoms with van der Waals surface area (Å²) in [6.45, 7) is 1.86. The van der Waals surface area contributed by atoms with Crippen LogP contribution in [-0.2, 0) is 0 Å². The summed E-state index contributed by atoms with van der Waals surface area (Å²) < 4.78 is 5.30. The summed E-state index contributed by atoms with van der Waals surface area (Å²) in [5.74, 6) is 0.727. The fourth-order valence-electron chi connectivity index (χ4n) is 1.02. The van der Waals surface area contributed by atoms with E-state index in [1.807, 2.05) is 6.92 Å². The van der Waals surface area contributed by atoms with Crippen LogP contribution in [0, 0.1) is 6.92 Å². The van der Waals surface area contributed by atoms with Crippen LogP contribution in [-0.4, -0.2) is 20.2 Å². The number of aromatic amines is 1. The number of rotatable bonds is 2. The SMILES string of the molecule is Cc1cc(Oc2cc(Cl)nc(N)n2)n[nH]1. The molecule has 0 amide bonds. The molecule has 0 aliphatic carbocycles. The molecular formula is C8H8ClN5O. The van der Waals surface area contributed by atoms with Gasteiger partial charge in [-0.25, -0.2) is 4.98 Å². The first-order valence-electron chi connectivity index (χ1n) is 4.13. The molecule has 0 unspecified atom stereocenters. The van der Waals surface area contributed by atoms with Crippen molar-refractivity contribution in [2.45, 2.75) is 6.92 Å². The maximum Gasteiger partial charge on any atom is 0.240 e. The van der Waals surface area contributed by atoms with Crippen LogP contribution in [0.2, 0.25) is 5.15 Å². The summed E-state index contributed by atoms with van der Waals surface area (Å²) >= 11 is 5.68. The molecule has 15 heavy (non-hydrogen) atoms. The quantitative estimate of drug-likeness (QED) is 0.757. The number of halogens is 1. The molecule has 0 saturated heterocycles. The van der Waals surface area contributed by atoms with Crippen LogP contribution in [0.5, 0.6) is 11.8 Å². The zero-order valence-corrected chi connectivity index (χ0v) is 8.62. The standard InChI is InChI=1S/C8H8ClN5O/c1-4-2-7(14-13-4)15-6-3-5(9)11-8(10)12-6/h2-3H,1H3,(H,13,14)(H2,10,11,12). The lowest BCUT2D eigenvalue weighted by Crippen LogP contribution is -1.97. The highest BCUT2D eigenvalue weighted by Gasteiger charge is 2.05. The van der Waals surface area contributed by atoms with E-state index >= 15 is 0 Å². The van der Waals surface area contributed by atoms with Crippen molar-refractivity contribution in [2.24, 2.45) is 0 Å². The van der Waals surface area contributed by atoms with Crippen LogP contribution in [0.15, 0.2) is 12.1 Å². The Labute approximate surface area is 90.4 Å². The Balaban J connectivity index is 2.24. The molecule has 2 aromatic rings. The monoisotopic (exact) mass is 225 g/mol. The lowest BCUT2D eigenvalue weighted by atomic mass is 10.5. The van der Waals surface area contributed by atoms with Crippen molar-refractivity contribution in [1.82, 2.24) is 20.2 Å². The van der Waals surface area contributed by atoms with Crippen molar-refractivity contribution in [3.05, 3.63) is 23.0 Å². The second-order valence-corrected chi connectivity index (χ2v) is 3.27. The molecular weight excluding hydrogens is 218 g/mol. The first-order valence-corrected chi connectivity index (χ1v) is 4.51. The second-order valence-electron chi connectivity index (χ2n) is 2.88. The second kappa shape index (κ2) is 3.74. The molecule has 2 heterocycles. The minimum atomic E-state index is 0.0600. The van der Waals surface area contributed by atoms with Gasteiger partial charge in [0.1, 0.15) is 5.15 Å². The van der Waals surface area contributed by atoms with Gasteiger partial charge in [0.15, 0.2) is 0 Å². The normalized spacial score (nSPS) is 10.3.